The van der Waals surface area contributed by atoms with Gasteiger partial charge in [0.25, 0.3) is 0 Å². The van der Waals surface area contributed by atoms with Crippen molar-refractivity contribution in [2.75, 3.05) is 0 Å². The zero-order valence-electron chi connectivity index (χ0n) is 8.97. The summed E-state index contributed by atoms with van der Waals surface area (Å²) in [4.78, 5) is 8.00. The van der Waals surface area contributed by atoms with Gasteiger partial charge in [0.2, 0.25) is 5.95 Å². The first kappa shape index (κ1) is 9.90. The Balaban J connectivity index is 2.14. The summed E-state index contributed by atoms with van der Waals surface area (Å²) >= 11 is 0. The average molecular weight is 224 g/mol. The first-order valence-corrected chi connectivity index (χ1v) is 5.30. The number of hydrogen-bond acceptors (Lipinski definition) is 2. The van der Waals surface area contributed by atoms with Crippen LogP contribution in [-0.4, -0.2) is 9.97 Å². The summed E-state index contributed by atoms with van der Waals surface area (Å²) in [7, 11) is 0. The molecule has 2 nitrogen and oxygen atoms in total. The number of aromatic nitrogens is 2. The molecule has 0 bridgehead atoms. The maximum Gasteiger partial charge on any atom is 0.212 e. The Kier molecular flexibility index (Phi) is 2.29. The van der Waals surface area contributed by atoms with Crippen LogP contribution in [0, 0.1) is 5.95 Å². The molecule has 3 aromatic rings. The molecule has 0 atom stereocenters. The lowest BCUT2D eigenvalue weighted by Gasteiger charge is -2.02. The summed E-state index contributed by atoms with van der Waals surface area (Å²) in [5.41, 5.74) is 2.76. The fraction of sp³-hybridized carbons (Fsp3) is 0. The summed E-state index contributed by atoms with van der Waals surface area (Å²) in [5, 5.41) is 1.06. The maximum atomic E-state index is 12.7. The minimum absolute atomic E-state index is 0.470. The van der Waals surface area contributed by atoms with Crippen LogP contribution in [-0.2, 0) is 0 Å². The fourth-order valence-corrected chi connectivity index (χ4v) is 1.78. The summed E-state index contributed by atoms with van der Waals surface area (Å²) in [6.07, 6.45) is 3.29. The highest BCUT2D eigenvalue weighted by Crippen LogP contribution is 2.21. The van der Waals surface area contributed by atoms with E-state index >= 15 is 0 Å². The Bertz CT molecular complexity index is 662. The van der Waals surface area contributed by atoms with Crippen LogP contribution >= 0.6 is 0 Å². The molecule has 0 amide bonds. The lowest BCUT2D eigenvalue weighted by atomic mass is 10.1. The lowest BCUT2D eigenvalue weighted by Crippen LogP contribution is -1.85. The minimum atomic E-state index is -0.470. The normalized spacial score (nSPS) is 10.6. The van der Waals surface area contributed by atoms with Gasteiger partial charge in [0, 0.05) is 28.9 Å². The van der Waals surface area contributed by atoms with Crippen molar-refractivity contribution in [1.29, 1.82) is 0 Å². The standard InChI is InChI=1S/C14H9FN2/c15-14-6-5-11(8-17-14)12-7-10-3-1-2-4-13(10)16-9-12/h1-9H. The molecule has 0 aliphatic carbocycles. The zero-order valence-corrected chi connectivity index (χ0v) is 8.97. The number of rotatable bonds is 1. The van der Waals surface area contributed by atoms with Crippen molar-refractivity contribution in [3.05, 3.63) is 60.8 Å². The Hall–Kier alpha value is -2.29. The minimum Gasteiger partial charge on any atom is -0.256 e. The second-order valence-corrected chi connectivity index (χ2v) is 3.79. The smallest absolute Gasteiger partial charge is 0.212 e. The van der Waals surface area contributed by atoms with E-state index in [1.165, 1.54) is 12.3 Å². The molecule has 0 N–H and O–H groups in total. The maximum absolute atomic E-state index is 12.7. The first-order valence-electron chi connectivity index (χ1n) is 5.30. The van der Waals surface area contributed by atoms with E-state index in [-0.39, 0.29) is 0 Å². The molecule has 0 spiro atoms. The largest absolute Gasteiger partial charge is 0.256 e. The Morgan fingerprint density at radius 1 is 0.824 bits per heavy atom. The summed E-state index contributed by atoms with van der Waals surface area (Å²) in [6, 6.07) is 13.0. The van der Waals surface area contributed by atoms with Gasteiger partial charge < -0.3 is 0 Å². The third kappa shape index (κ3) is 1.87. The van der Waals surface area contributed by atoms with Gasteiger partial charge in [-0.2, -0.15) is 4.39 Å². The van der Waals surface area contributed by atoms with Crippen molar-refractivity contribution in [3.63, 3.8) is 0 Å². The molecule has 3 rings (SSSR count). The number of halogens is 1. The van der Waals surface area contributed by atoms with Gasteiger partial charge in [0.05, 0.1) is 5.52 Å². The van der Waals surface area contributed by atoms with Crippen molar-refractivity contribution in [2.45, 2.75) is 0 Å². The third-order valence-electron chi connectivity index (χ3n) is 2.65. The van der Waals surface area contributed by atoms with E-state index in [4.69, 9.17) is 0 Å². The van der Waals surface area contributed by atoms with Crippen LogP contribution in [0.2, 0.25) is 0 Å². The summed E-state index contributed by atoms with van der Waals surface area (Å²) in [5.74, 6) is -0.470. The SMILES string of the molecule is Fc1ccc(-c2cnc3ccccc3c2)cn1. The van der Waals surface area contributed by atoms with E-state index < -0.39 is 5.95 Å². The number of pyridine rings is 2. The van der Waals surface area contributed by atoms with Crippen molar-refractivity contribution in [1.82, 2.24) is 9.97 Å². The van der Waals surface area contributed by atoms with E-state index in [0.717, 1.165) is 22.0 Å². The number of hydrogen-bond donors (Lipinski definition) is 0. The summed E-state index contributed by atoms with van der Waals surface area (Å²) < 4.78 is 12.7. The van der Waals surface area contributed by atoms with Crippen LogP contribution in [0.4, 0.5) is 4.39 Å². The highest BCUT2D eigenvalue weighted by atomic mass is 19.1. The van der Waals surface area contributed by atoms with Crippen LogP contribution in [0.1, 0.15) is 0 Å². The average Bonchev–Trinajstić information content (AvgIpc) is 2.39. The van der Waals surface area contributed by atoms with Crippen LogP contribution in [0.3, 0.4) is 0 Å². The van der Waals surface area contributed by atoms with Gasteiger partial charge in [-0.25, -0.2) is 4.98 Å². The van der Waals surface area contributed by atoms with E-state index in [1.807, 2.05) is 30.3 Å². The molecule has 1 aromatic carbocycles. The van der Waals surface area contributed by atoms with Crippen molar-refractivity contribution >= 4 is 10.9 Å². The monoisotopic (exact) mass is 224 g/mol. The first-order chi connectivity index (χ1) is 8.33. The van der Waals surface area contributed by atoms with Crippen molar-refractivity contribution in [2.24, 2.45) is 0 Å². The number of para-hydroxylation sites is 1. The zero-order chi connectivity index (χ0) is 11.7. The van der Waals surface area contributed by atoms with Crippen LogP contribution in [0.15, 0.2) is 54.9 Å². The quantitative estimate of drug-likeness (QED) is 0.592. The van der Waals surface area contributed by atoms with E-state index in [1.54, 1.807) is 12.3 Å². The molecule has 0 aliphatic heterocycles. The molecule has 17 heavy (non-hydrogen) atoms. The van der Waals surface area contributed by atoms with E-state index in [9.17, 15) is 4.39 Å². The van der Waals surface area contributed by atoms with Gasteiger partial charge in [0.15, 0.2) is 0 Å². The van der Waals surface area contributed by atoms with Gasteiger partial charge in [0.1, 0.15) is 0 Å². The van der Waals surface area contributed by atoms with Crippen LogP contribution in [0.5, 0.6) is 0 Å². The molecule has 0 unspecified atom stereocenters. The second kappa shape index (κ2) is 3.94. The lowest BCUT2D eigenvalue weighted by molar-refractivity contribution is 0.584. The molecule has 0 saturated heterocycles. The second-order valence-electron chi connectivity index (χ2n) is 3.79. The molecule has 3 heteroatoms. The van der Waals surface area contributed by atoms with Gasteiger partial charge >= 0.3 is 0 Å². The Morgan fingerprint density at radius 2 is 1.65 bits per heavy atom. The topological polar surface area (TPSA) is 25.8 Å². The molecular formula is C14H9FN2. The van der Waals surface area contributed by atoms with Gasteiger partial charge in [-0.05, 0) is 24.3 Å². The number of benzene rings is 1. The Morgan fingerprint density at radius 3 is 2.47 bits per heavy atom. The molecule has 2 heterocycles. The predicted molar refractivity (Wildman–Crippen MR) is 64.9 cm³/mol. The molecular weight excluding hydrogens is 215 g/mol. The molecule has 0 fully saturated rings. The summed E-state index contributed by atoms with van der Waals surface area (Å²) in [6.45, 7) is 0. The fourth-order valence-electron chi connectivity index (χ4n) is 1.78. The highest BCUT2D eigenvalue weighted by molar-refractivity contribution is 5.83. The van der Waals surface area contributed by atoms with Crippen LogP contribution in [0.25, 0.3) is 22.0 Å². The molecule has 0 radical (unpaired) electrons. The van der Waals surface area contributed by atoms with Crippen molar-refractivity contribution in [3.8, 4) is 11.1 Å². The van der Waals surface area contributed by atoms with Crippen molar-refractivity contribution < 1.29 is 4.39 Å². The predicted octanol–water partition coefficient (Wildman–Crippen LogP) is 3.44. The van der Waals surface area contributed by atoms with Gasteiger partial charge in [-0.15, -0.1) is 0 Å². The van der Waals surface area contributed by atoms with E-state index in [2.05, 4.69) is 9.97 Å². The van der Waals surface area contributed by atoms with E-state index in [0.29, 0.717) is 0 Å². The molecule has 2 aromatic heterocycles. The highest BCUT2D eigenvalue weighted by Gasteiger charge is 2.01. The number of fused-ring (bicyclic) bond motifs is 1. The Labute approximate surface area is 97.8 Å². The number of nitrogens with zero attached hydrogens (tertiary/aromatic N) is 2. The van der Waals surface area contributed by atoms with Gasteiger partial charge in [-0.1, -0.05) is 18.2 Å². The van der Waals surface area contributed by atoms with Crippen LogP contribution < -0.4 is 0 Å². The molecule has 0 aliphatic rings. The van der Waals surface area contributed by atoms with Gasteiger partial charge in [-0.3, -0.25) is 4.98 Å². The molecule has 0 saturated carbocycles. The molecule has 82 valence electrons. The third-order valence-corrected chi connectivity index (χ3v) is 2.65.